The highest BCUT2D eigenvalue weighted by atomic mass is 16.7. The Morgan fingerprint density at radius 3 is 2.26 bits per heavy atom. The number of amides is 1. The van der Waals surface area contributed by atoms with E-state index in [4.69, 9.17) is 33.7 Å². The Morgan fingerprint density at radius 1 is 0.808 bits per heavy atom. The molecule has 0 radical (unpaired) electrons. The largest absolute Gasteiger partial charge is 0.496 e. The third-order valence-corrected chi connectivity index (χ3v) is 16.0. The number of aliphatic hydroxyl groups excluding tert-OH is 2. The van der Waals surface area contributed by atoms with Gasteiger partial charge in [0, 0.05) is 31.1 Å². The van der Waals surface area contributed by atoms with Gasteiger partial charge in [0.05, 0.1) is 44.1 Å². The molecular formula is C66H82N2O10. The van der Waals surface area contributed by atoms with Gasteiger partial charge in [-0.3, -0.25) is 9.69 Å². The van der Waals surface area contributed by atoms with Gasteiger partial charge in [-0.2, -0.15) is 0 Å². The van der Waals surface area contributed by atoms with Crippen LogP contribution in [0.4, 0.5) is 4.79 Å². The van der Waals surface area contributed by atoms with E-state index in [0.29, 0.717) is 47.1 Å². The molecule has 0 saturated heterocycles. The third kappa shape index (κ3) is 14.2. The van der Waals surface area contributed by atoms with Crippen LogP contribution in [0.1, 0.15) is 149 Å². The summed E-state index contributed by atoms with van der Waals surface area (Å²) in [6, 6.07) is 34.5. The summed E-state index contributed by atoms with van der Waals surface area (Å²) in [5.74, 6) is -0.327. The van der Waals surface area contributed by atoms with Crippen molar-refractivity contribution in [1.29, 1.82) is 0 Å². The van der Waals surface area contributed by atoms with Gasteiger partial charge in [-0.1, -0.05) is 168 Å². The molecule has 1 saturated carbocycles. The molecule has 6 unspecified atom stereocenters. The Balaban J connectivity index is 1.26. The second-order valence-electron chi connectivity index (χ2n) is 21.2. The lowest BCUT2D eigenvalue weighted by Gasteiger charge is -2.60. The fourth-order valence-electron chi connectivity index (χ4n) is 12.2. The summed E-state index contributed by atoms with van der Waals surface area (Å²) in [7, 11) is 1.53. The molecule has 6 atom stereocenters. The van der Waals surface area contributed by atoms with Crippen molar-refractivity contribution in [3.63, 3.8) is 0 Å². The highest BCUT2D eigenvalue weighted by Gasteiger charge is 2.66. The molecule has 1 amide bonds. The first-order valence-electron chi connectivity index (χ1n) is 28.8. The number of hydrogen-bond donors (Lipinski definition) is 2. The number of ether oxygens (including phenoxy) is 5. The molecule has 0 bridgehead atoms. The van der Waals surface area contributed by atoms with Gasteiger partial charge in [0.2, 0.25) is 5.79 Å². The van der Waals surface area contributed by atoms with E-state index in [9.17, 15) is 15.0 Å². The lowest BCUT2D eigenvalue weighted by Crippen LogP contribution is -2.70. The minimum atomic E-state index is -1.51. The second-order valence-corrected chi connectivity index (χ2v) is 21.2. The van der Waals surface area contributed by atoms with Crippen molar-refractivity contribution in [1.82, 2.24) is 4.90 Å². The van der Waals surface area contributed by atoms with E-state index in [0.717, 1.165) is 84.3 Å². The SMILES string of the molecule is C=CCOC12Oc3ccc(Oc4ccc(OC)c(C=O)c4)cc3C3C(CCCCO)C(CCCCO)C=C(C(=NOCc4ccccc4)CC1N(Cc1cccc4ccccc14)C(=O)OCCCCCCCCCCCC)C32. The normalized spacial score (nSPS) is 20.7. The van der Waals surface area contributed by atoms with E-state index >= 15 is 4.79 Å². The number of oxime groups is 1. The number of benzene rings is 5. The van der Waals surface area contributed by atoms with Crippen LogP contribution in [0.25, 0.3) is 10.8 Å². The van der Waals surface area contributed by atoms with Crippen molar-refractivity contribution in [3.05, 3.63) is 156 Å². The first kappa shape index (κ1) is 57.7. The van der Waals surface area contributed by atoms with Crippen LogP contribution in [-0.4, -0.2) is 78.6 Å². The quantitative estimate of drug-likeness (QED) is 0.0185. The summed E-state index contributed by atoms with van der Waals surface area (Å²) in [6.45, 7) is 7.34. The molecule has 12 heteroatoms. The third-order valence-electron chi connectivity index (χ3n) is 16.0. The molecule has 12 nitrogen and oxygen atoms in total. The van der Waals surface area contributed by atoms with Crippen molar-refractivity contribution < 1.29 is 48.3 Å². The molecule has 5 aromatic rings. The number of nitrogens with zero attached hydrogens (tertiary/aromatic N) is 2. The number of fused-ring (bicyclic) bond motifs is 3. The zero-order chi connectivity index (χ0) is 54.5. The van der Waals surface area contributed by atoms with Gasteiger partial charge in [-0.25, -0.2) is 4.79 Å². The standard InChI is InChI=1S/C66H82N2O10/c1-4-6-7-8-9-10-11-12-13-23-40-74-65(72)68(45-51-30-24-29-49-27-17-18-31-55(49)51)62-44-59(67-76-47-48-25-15-14-16-26-48)57-42-50(28-19-21-37-69)56(32-20-22-38-70)63-58-43-54(77-53-33-35-60(73-3)52(41-53)46-71)34-36-61(58)78-66(62,64(57)63)75-39-5-2/h5,14-18,24-27,29-31,33-36,41-43,46,50,56,62-64,69-70H,2,4,6-13,19-23,28,32,37-40,44-45,47H2,1,3H3. The molecule has 3 aliphatic rings. The maximum Gasteiger partial charge on any atom is 0.410 e. The summed E-state index contributed by atoms with van der Waals surface area (Å²) in [5, 5.41) is 27.5. The van der Waals surface area contributed by atoms with Gasteiger partial charge < -0.3 is 38.7 Å². The average Bonchev–Trinajstić information content (AvgIpc) is 2.99. The van der Waals surface area contributed by atoms with Crippen LogP contribution in [0.5, 0.6) is 23.0 Å². The van der Waals surface area contributed by atoms with Crippen molar-refractivity contribution >= 4 is 28.9 Å². The Bertz CT molecular complexity index is 2770. The molecule has 78 heavy (non-hydrogen) atoms. The number of aldehydes is 1. The van der Waals surface area contributed by atoms with E-state index < -0.39 is 23.8 Å². The number of methoxy groups -OCH3 is 1. The topological polar surface area (TPSA) is 146 Å². The van der Waals surface area contributed by atoms with Crippen LogP contribution >= 0.6 is 0 Å². The predicted molar refractivity (Wildman–Crippen MR) is 307 cm³/mol. The highest BCUT2D eigenvalue weighted by molar-refractivity contribution is 6.03. The number of aliphatic hydroxyl groups is 2. The average molecular weight is 1060 g/mol. The maximum atomic E-state index is 15.5. The summed E-state index contributed by atoms with van der Waals surface area (Å²) < 4.78 is 33.4. The van der Waals surface area contributed by atoms with E-state index in [2.05, 4.69) is 43.8 Å². The lowest BCUT2D eigenvalue weighted by atomic mass is 9.55. The molecular weight excluding hydrogens is 981 g/mol. The van der Waals surface area contributed by atoms with E-state index in [1.807, 2.05) is 71.6 Å². The molecule has 1 fully saturated rings. The molecule has 0 aromatic heterocycles. The van der Waals surface area contributed by atoms with Crippen molar-refractivity contribution in [2.45, 2.75) is 147 Å². The van der Waals surface area contributed by atoms with E-state index in [1.165, 1.54) is 52.1 Å². The summed E-state index contributed by atoms with van der Waals surface area (Å²) in [4.78, 5) is 35.8. The smallest absolute Gasteiger partial charge is 0.410 e. The van der Waals surface area contributed by atoms with Crippen LogP contribution in [0.2, 0.25) is 0 Å². The number of carbonyl (C=O) groups is 2. The van der Waals surface area contributed by atoms with Gasteiger partial charge in [0.15, 0.2) is 6.29 Å². The molecule has 2 aliphatic carbocycles. The lowest BCUT2D eigenvalue weighted by molar-refractivity contribution is -0.256. The summed E-state index contributed by atoms with van der Waals surface area (Å²) in [5.41, 5.74) is 4.79. The zero-order valence-electron chi connectivity index (χ0n) is 46.0. The Morgan fingerprint density at radius 2 is 1.51 bits per heavy atom. The fraction of sp³-hybridized carbons (Fsp3) is 0.470. The summed E-state index contributed by atoms with van der Waals surface area (Å²) in [6.07, 6.45) is 20.6. The number of allylic oxidation sites excluding steroid dienone is 1. The molecule has 416 valence electrons. The number of unbranched alkanes of at least 4 members (excludes halogenated alkanes) is 11. The molecule has 0 spiro atoms. The number of hydrogen-bond acceptors (Lipinski definition) is 11. The van der Waals surface area contributed by atoms with E-state index in [-0.39, 0.29) is 63.8 Å². The molecule has 1 heterocycles. The Labute approximate surface area is 462 Å². The van der Waals surface area contributed by atoms with Gasteiger partial charge in [0.25, 0.3) is 0 Å². The van der Waals surface area contributed by atoms with Gasteiger partial charge in [-0.05, 0) is 108 Å². The minimum Gasteiger partial charge on any atom is -0.496 e. The Hall–Kier alpha value is -6.47. The van der Waals surface area contributed by atoms with Crippen molar-refractivity contribution in [2.75, 3.05) is 33.5 Å². The zero-order valence-corrected chi connectivity index (χ0v) is 46.0. The highest BCUT2D eigenvalue weighted by Crippen LogP contribution is 2.62. The number of carbonyl (C=O) groups excluding carboxylic acids is 2. The molecule has 2 N–H and O–H groups in total. The van der Waals surface area contributed by atoms with Gasteiger partial charge in [0.1, 0.15) is 35.6 Å². The molecule has 1 aliphatic heterocycles. The Kier molecular flexibility index (Phi) is 21.8. The van der Waals surface area contributed by atoms with Crippen LogP contribution < -0.4 is 14.2 Å². The van der Waals surface area contributed by atoms with Crippen LogP contribution in [0.15, 0.2) is 139 Å². The predicted octanol–water partition coefficient (Wildman–Crippen LogP) is 14.8. The van der Waals surface area contributed by atoms with Crippen LogP contribution in [0, 0.1) is 17.8 Å². The van der Waals surface area contributed by atoms with Crippen molar-refractivity contribution in [3.8, 4) is 23.0 Å². The first-order valence-corrected chi connectivity index (χ1v) is 28.8. The molecule has 5 aromatic carbocycles. The van der Waals surface area contributed by atoms with Crippen LogP contribution in [0.3, 0.4) is 0 Å². The minimum absolute atomic E-state index is 0.0173. The number of rotatable bonds is 32. The van der Waals surface area contributed by atoms with Crippen LogP contribution in [-0.2, 0) is 27.5 Å². The van der Waals surface area contributed by atoms with Crippen molar-refractivity contribution in [2.24, 2.45) is 22.9 Å². The second kappa shape index (κ2) is 29.5. The van der Waals surface area contributed by atoms with E-state index in [1.54, 1.807) is 24.3 Å². The molecule has 8 rings (SSSR count). The van der Waals surface area contributed by atoms with Gasteiger partial charge >= 0.3 is 6.09 Å². The monoisotopic (exact) mass is 1060 g/mol. The fourth-order valence-corrected chi connectivity index (χ4v) is 12.2. The summed E-state index contributed by atoms with van der Waals surface area (Å²) >= 11 is 0. The maximum absolute atomic E-state index is 15.5. The van der Waals surface area contributed by atoms with Gasteiger partial charge in [-0.15, -0.1) is 6.58 Å². The first-order chi connectivity index (χ1) is 38.4.